The highest BCUT2D eigenvalue weighted by atomic mass is 16.5. The van der Waals surface area contributed by atoms with Gasteiger partial charge in [0.25, 0.3) is 0 Å². The summed E-state index contributed by atoms with van der Waals surface area (Å²) >= 11 is 0. The number of rotatable bonds is 2. The van der Waals surface area contributed by atoms with Crippen molar-refractivity contribution in [3.05, 3.63) is 0 Å². The summed E-state index contributed by atoms with van der Waals surface area (Å²) in [5, 5.41) is 5.13. The standard InChI is InChI=1S/C4H10N2O2/c1-5-3-6-4(7)8-2/h5H,3H2,1-2H3,(H,6,7). The van der Waals surface area contributed by atoms with Gasteiger partial charge in [-0.2, -0.15) is 0 Å². The zero-order valence-electron chi connectivity index (χ0n) is 5.02. The number of hydrogen-bond acceptors (Lipinski definition) is 3. The van der Waals surface area contributed by atoms with E-state index in [4.69, 9.17) is 0 Å². The van der Waals surface area contributed by atoms with Gasteiger partial charge in [-0.25, -0.2) is 4.79 Å². The highest BCUT2D eigenvalue weighted by Gasteiger charge is 1.91. The number of methoxy groups -OCH3 is 1. The Kier molecular flexibility index (Phi) is 3.97. The molecule has 0 saturated heterocycles. The monoisotopic (exact) mass is 118 g/mol. The van der Waals surface area contributed by atoms with Crippen LogP contribution < -0.4 is 10.6 Å². The van der Waals surface area contributed by atoms with E-state index in [-0.39, 0.29) is 0 Å². The Balaban J connectivity index is 2.99. The van der Waals surface area contributed by atoms with Crippen molar-refractivity contribution in [3.8, 4) is 0 Å². The topological polar surface area (TPSA) is 50.4 Å². The van der Waals surface area contributed by atoms with Gasteiger partial charge in [0, 0.05) is 0 Å². The van der Waals surface area contributed by atoms with Gasteiger partial charge in [-0.05, 0) is 7.05 Å². The molecule has 0 atom stereocenters. The molecule has 0 spiro atoms. The lowest BCUT2D eigenvalue weighted by Gasteiger charge is -1.99. The molecule has 4 heteroatoms. The van der Waals surface area contributed by atoms with Crippen LogP contribution >= 0.6 is 0 Å². The summed E-state index contributed by atoms with van der Waals surface area (Å²) in [7, 11) is 3.06. The van der Waals surface area contributed by atoms with Crippen LogP contribution in [-0.2, 0) is 4.74 Å². The maximum Gasteiger partial charge on any atom is 0.407 e. The SMILES string of the molecule is CNCNC(=O)OC. The van der Waals surface area contributed by atoms with Crippen molar-refractivity contribution < 1.29 is 9.53 Å². The van der Waals surface area contributed by atoms with E-state index in [1.807, 2.05) is 0 Å². The first kappa shape index (κ1) is 7.23. The molecule has 2 N–H and O–H groups in total. The quantitative estimate of drug-likeness (QED) is 0.481. The molecule has 1 amide bonds. The summed E-state index contributed by atoms with van der Waals surface area (Å²) in [6.07, 6.45) is -0.417. The second-order valence-electron chi connectivity index (χ2n) is 1.20. The van der Waals surface area contributed by atoms with E-state index in [0.29, 0.717) is 6.67 Å². The third-order valence-corrected chi connectivity index (χ3v) is 0.595. The summed E-state index contributed by atoms with van der Waals surface area (Å²) in [6.45, 7) is 0.437. The van der Waals surface area contributed by atoms with Crippen LogP contribution in [0.4, 0.5) is 4.79 Å². The number of hydrogen-bond donors (Lipinski definition) is 2. The Labute approximate surface area is 48.2 Å². The van der Waals surface area contributed by atoms with E-state index < -0.39 is 6.09 Å². The van der Waals surface area contributed by atoms with E-state index in [1.165, 1.54) is 7.11 Å². The maximum absolute atomic E-state index is 10.2. The minimum atomic E-state index is -0.417. The van der Waals surface area contributed by atoms with Gasteiger partial charge in [-0.3, -0.25) is 0 Å². The van der Waals surface area contributed by atoms with Gasteiger partial charge in [0.2, 0.25) is 0 Å². The van der Waals surface area contributed by atoms with Gasteiger partial charge in [-0.1, -0.05) is 0 Å². The molecule has 0 saturated carbocycles. The molecular formula is C4H10N2O2. The van der Waals surface area contributed by atoms with E-state index in [1.54, 1.807) is 7.05 Å². The Morgan fingerprint density at radius 2 is 2.38 bits per heavy atom. The number of carbonyl (C=O) groups is 1. The maximum atomic E-state index is 10.2. The molecule has 8 heavy (non-hydrogen) atoms. The van der Waals surface area contributed by atoms with E-state index in [0.717, 1.165) is 0 Å². The van der Waals surface area contributed by atoms with Crippen LogP contribution in [0.1, 0.15) is 0 Å². The number of carbonyl (C=O) groups excluding carboxylic acids is 1. The van der Waals surface area contributed by atoms with Crippen molar-refractivity contribution in [3.63, 3.8) is 0 Å². The molecular weight excluding hydrogens is 108 g/mol. The summed E-state index contributed by atoms with van der Waals surface area (Å²) in [6, 6.07) is 0. The number of nitrogens with one attached hydrogen (secondary N) is 2. The van der Waals surface area contributed by atoms with Crippen LogP contribution in [-0.4, -0.2) is 26.9 Å². The molecule has 48 valence electrons. The number of ether oxygens (including phenoxy) is 1. The third kappa shape index (κ3) is 3.42. The van der Waals surface area contributed by atoms with Crippen LogP contribution in [0.3, 0.4) is 0 Å². The number of amides is 1. The highest BCUT2D eigenvalue weighted by Crippen LogP contribution is 1.65. The van der Waals surface area contributed by atoms with Crippen molar-refractivity contribution in [2.75, 3.05) is 20.8 Å². The van der Waals surface area contributed by atoms with Crippen molar-refractivity contribution in [1.82, 2.24) is 10.6 Å². The first-order valence-electron chi connectivity index (χ1n) is 2.27. The largest absolute Gasteiger partial charge is 0.453 e. The Morgan fingerprint density at radius 1 is 1.75 bits per heavy atom. The first-order valence-corrected chi connectivity index (χ1v) is 2.27. The lowest BCUT2D eigenvalue weighted by molar-refractivity contribution is 0.170. The lowest BCUT2D eigenvalue weighted by Crippen LogP contribution is -2.31. The lowest BCUT2D eigenvalue weighted by atomic mass is 10.9. The third-order valence-electron chi connectivity index (χ3n) is 0.595. The summed E-state index contributed by atoms with van der Waals surface area (Å²) in [5.74, 6) is 0. The van der Waals surface area contributed by atoms with Gasteiger partial charge < -0.3 is 15.4 Å². The molecule has 0 radical (unpaired) electrons. The molecule has 0 heterocycles. The molecule has 0 rings (SSSR count). The van der Waals surface area contributed by atoms with Crippen LogP contribution in [0.5, 0.6) is 0 Å². The van der Waals surface area contributed by atoms with Crippen molar-refractivity contribution in [2.45, 2.75) is 0 Å². The Morgan fingerprint density at radius 3 is 2.75 bits per heavy atom. The normalized spacial score (nSPS) is 8.25. The van der Waals surface area contributed by atoms with Gasteiger partial charge in [0.05, 0.1) is 13.8 Å². The Hall–Kier alpha value is -0.770. The highest BCUT2D eigenvalue weighted by molar-refractivity contribution is 5.66. The first-order chi connectivity index (χ1) is 3.81. The summed E-state index contributed by atoms with van der Waals surface area (Å²) < 4.78 is 4.26. The average Bonchev–Trinajstić information content (AvgIpc) is 1.83. The smallest absolute Gasteiger partial charge is 0.407 e. The minimum absolute atomic E-state index is 0.417. The van der Waals surface area contributed by atoms with Crippen LogP contribution in [0.25, 0.3) is 0 Å². The van der Waals surface area contributed by atoms with Gasteiger partial charge in [0.15, 0.2) is 0 Å². The molecule has 0 aromatic rings. The molecule has 0 fully saturated rings. The van der Waals surface area contributed by atoms with Crippen LogP contribution in [0.2, 0.25) is 0 Å². The average molecular weight is 118 g/mol. The molecule has 0 aliphatic heterocycles. The van der Waals surface area contributed by atoms with Crippen molar-refractivity contribution in [1.29, 1.82) is 0 Å². The fourth-order valence-corrected chi connectivity index (χ4v) is 0.233. The minimum Gasteiger partial charge on any atom is -0.453 e. The number of alkyl carbamates (subject to hydrolysis) is 1. The zero-order chi connectivity index (χ0) is 6.41. The van der Waals surface area contributed by atoms with E-state index >= 15 is 0 Å². The zero-order valence-corrected chi connectivity index (χ0v) is 5.02. The summed E-state index contributed by atoms with van der Waals surface area (Å²) in [5.41, 5.74) is 0. The van der Waals surface area contributed by atoms with Gasteiger partial charge in [-0.15, -0.1) is 0 Å². The second-order valence-corrected chi connectivity index (χ2v) is 1.20. The predicted molar refractivity (Wildman–Crippen MR) is 29.5 cm³/mol. The fraction of sp³-hybridized carbons (Fsp3) is 0.750. The van der Waals surface area contributed by atoms with Gasteiger partial charge in [0.1, 0.15) is 0 Å². The summed E-state index contributed by atoms with van der Waals surface area (Å²) in [4.78, 5) is 10.2. The molecule has 4 nitrogen and oxygen atoms in total. The molecule has 0 bridgehead atoms. The van der Waals surface area contributed by atoms with E-state index in [9.17, 15) is 4.79 Å². The van der Waals surface area contributed by atoms with Crippen molar-refractivity contribution in [2.24, 2.45) is 0 Å². The molecule has 0 aliphatic carbocycles. The van der Waals surface area contributed by atoms with Crippen molar-refractivity contribution >= 4 is 6.09 Å². The van der Waals surface area contributed by atoms with E-state index in [2.05, 4.69) is 15.4 Å². The molecule has 0 aliphatic rings. The molecule has 0 aromatic carbocycles. The molecule has 0 unspecified atom stereocenters. The Bertz CT molecular complexity index is 74.4. The fourth-order valence-electron chi connectivity index (χ4n) is 0.233. The van der Waals surface area contributed by atoms with Crippen LogP contribution in [0.15, 0.2) is 0 Å². The predicted octanol–water partition coefficient (Wildman–Crippen LogP) is -0.481. The van der Waals surface area contributed by atoms with Crippen LogP contribution in [0, 0.1) is 0 Å². The molecule has 0 aromatic heterocycles. The van der Waals surface area contributed by atoms with Gasteiger partial charge >= 0.3 is 6.09 Å². The second kappa shape index (κ2) is 4.39.